The molecular weight excluding hydrogens is 345 g/mol. The van der Waals surface area contributed by atoms with Crippen LogP contribution in [-0.2, 0) is 9.47 Å². The third-order valence-electron chi connectivity index (χ3n) is 2.34. The first-order valence-corrected chi connectivity index (χ1v) is 10.6. The summed E-state index contributed by atoms with van der Waals surface area (Å²) in [5.74, 6) is 2.14. The number of hydrogen-bond donors (Lipinski definition) is 0. The summed E-state index contributed by atoms with van der Waals surface area (Å²) in [5, 5.41) is 2.22. The number of rotatable bonds is 0. The lowest BCUT2D eigenvalue weighted by Gasteiger charge is -2.11. The second-order valence-corrected chi connectivity index (χ2v) is 10.8. The number of thioether (sulfide) groups is 6. The molecule has 8 heteroatoms. The fraction of sp³-hybridized carbons (Fsp3) is 0.400. The van der Waals surface area contributed by atoms with Crippen molar-refractivity contribution >= 4 is 70.6 Å². The predicted octanol–water partition coefficient (Wildman–Crippen LogP) is 4.85. The van der Waals surface area contributed by atoms with E-state index in [4.69, 9.17) is 9.47 Å². The molecule has 2 nitrogen and oxygen atoms in total. The highest BCUT2D eigenvalue weighted by Crippen LogP contribution is 2.64. The maximum absolute atomic E-state index is 5.71. The Labute approximate surface area is 131 Å². The van der Waals surface area contributed by atoms with E-state index >= 15 is 0 Å². The summed E-state index contributed by atoms with van der Waals surface area (Å²) in [5.41, 5.74) is 0. The molecule has 0 aliphatic carbocycles. The quantitative estimate of drug-likeness (QED) is 0.608. The second kappa shape index (κ2) is 5.37. The SMILES string of the molecule is C1CSC2=C(O1)S/C(=C1/SC3=C(SCCO3)S1)S2. The van der Waals surface area contributed by atoms with Crippen molar-refractivity contribution in [3.63, 3.8) is 0 Å². The van der Waals surface area contributed by atoms with E-state index in [0.29, 0.717) is 0 Å². The highest BCUT2D eigenvalue weighted by Gasteiger charge is 2.34. The second-order valence-electron chi connectivity index (χ2n) is 3.53. The van der Waals surface area contributed by atoms with Gasteiger partial charge in [-0.3, -0.25) is 0 Å². The zero-order valence-electron chi connectivity index (χ0n) is 9.09. The van der Waals surface area contributed by atoms with Crippen molar-refractivity contribution < 1.29 is 9.47 Å². The van der Waals surface area contributed by atoms with E-state index < -0.39 is 0 Å². The summed E-state index contributed by atoms with van der Waals surface area (Å²) >= 11 is 11.1. The van der Waals surface area contributed by atoms with Gasteiger partial charge in [0.1, 0.15) is 0 Å². The molecule has 0 aromatic heterocycles. The summed E-state index contributed by atoms with van der Waals surface area (Å²) in [6, 6.07) is 0. The Kier molecular flexibility index (Phi) is 3.77. The van der Waals surface area contributed by atoms with Gasteiger partial charge in [-0.2, -0.15) is 0 Å². The Balaban J connectivity index is 1.54. The van der Waals surface area contributed by atoms with Crippen LogP contribution in [0, 0.1) is 0 Å². The molecule has 0 fully saturated rings. The van der Waals surface area contributed by atoms with Crippen molar-refractivity contribution in [2.45, 2.75) is 0 Å². The molecule has 0 bridgehead atoms. The van der Waals surface area contributed by atoms with Gasteiger partial charge in [0.15, 0.2) is 10.2 Å². The van der Waals surface area contributed by atoms with Crippen molar-refractivity contribution in [3.05, 3.63) is 27.1 Å². The third kappa shape index (κ3) is 2.33. The minimum absolute atomic E-state index is 0.841. The zero-order valence-corrected chi connectivity index (χ0v) is 14.0. The maximum atomic E-state index is 5.71. The zero-order chi connectivity index (χ0) is 11.9. The van der Waals surface area contributed by atoms with Gasteiger partial charge in [0.05, 0.1) is 30.2 Å². The highest BCUT2D eigenvalue weighted by atomic mass is 32.2. The van der Waals surface area contributed by atoms with E-state index in [2.05, 4.69) is 0 Å². The van der Waals surface area contributed by atoms with Gasteiger partial charge < -0.3 is 9.47 Å². The van der Waals surface area contributed by atoms with Crippen LogP contribution in [0.25, 0.3) is 0 Å². The first-order chi connectivity index (χ1) is 8.90. The van der Waals surface area contributed by atoms with Gasteiger partial charge in [-0.05, 0) is 23.5 Å². The van der Waals surface area contributed by atoms with Crippen molar-refractivity contribution in [1.82, 2.24) is 0 Å². The molecule has 0 spiro atoms. The van der Waals surface area contributed by atoms with E-state index in [9.17, 15) is 0 Å². The van der Waals surface area contributed by atoms with Gasteiger partial charge in [-0.1, -0.05) is 23.5 Å². The molecular formula is C10H8O2S6. The first-order valence-electron chi connectivity index (χ1n) is 5.35. The van der Waals surface area contributed by atoms with Crippen LogP contribution < -0.4 is 0 Å². The third-order valence-corrected chi connectivity index (χ3v) is 10.5. The van der Waals surface area contributed by atoms with Crippen molar-refractivity contribution in [2.75, 3.05) is 24.7 Å². The largest absolute Gasteiger partial charge is 0.484 e. The van der Waals surface area contributed by atoms with E-state index in [1.165, 1.54) is 16.9 Å². The number of hydrogen-bond acceptors (Lipinski definition) is 8. The normalized spacial score (nSPS) is 31.1. The van der Waals surface area contributed by atoms with E-state index in [1.54, 1.807) is 23.5 Å². The maximum Gasteiger partial charge on any atom is 0.178 e. The Morgan fingerprint density at radius 3 is 1.56 bits per heavy atom. The summed E-state index contributed by atoms with van der Waals surface area (Å²) < 4.78 is 16.8. The molecule has 0 saturated heterocycles. The smallest absolute Gasteiger partial charge is 0.178 e. The molecule has 4 rings (SSSR count). The van der Waals surface area contributed by atoms with Crippen LogP contribution in [0.15, 0.2) is 27.1 Å². The number of ether oxygens (including phenoxy) is 2. The summed E-state index contributed by atoms with van der Waals surface area (Å²) in [7, 11) is 0. The van der Waals surface area contributed by atoms with Gasteiger partial charge in [-0.15, -0.1) is 23.5 Å². The topological polar surface area (TPSA) is 18.5 Å². The predicted molar refractivity (Wildman–Crippen MR) is 88.3 cm³/mol. The Morgan fingerprint density at radius 1 is 0.611 bits per heavy atom. The summed E-state index contributed by atoms with van der Waals surface area (Å²) in [4.78, 5) is 0. The van der Waals surface area contributed by atoms with Gasteiger partial charge in [-0.25, -0.2) is 0 Å². The molecule has 4 aliphatic rings. The Hall–Kier alpha value is 0.920. The molecule has 0 N–H and O–H groups in total. The average Bonchev–Trinajstić information content (AvgIpc) is 3.02. The van der Waals surface area contributed by atoms with Crippen LogP contribution in [0.4, 0.5) is 0 Å². The van der Waals surface area contributed by atoms with Crippen molar-refractivity contribution in [1.29, 1.82) is 0 Å². The molecule has 4 heterocycles. The Morgan fingerprint density at radius 2 is 1.11 bits per heavy atom. The highest BCUT2D eigenvalue weighted by molar-refractivity contribution is 8.40. The van der Waals surface area contributed by atoms with E-state index in [-0.39, 0.29) is 0 Å². The minimum atomic E-state index is 0.841. The standard InChI is InChI=1S/C10H8O2S6/c1-3-13-7-5(11-1)15-9(17-7)10-16-6-8(18-10)14-4-2-12-6/h1-4H2/b10-9+. The van der Waals surface area contributed by atoms with Crippen LogP contribution in [0.1, 0.15) is 0 Å². The van der Waals surface area contributed by atoms with Crippen LogP contribution in [0.5, 0.6) is 0 Å². The van der Waals surface area contributed by atoms with Gasteiger partial charge in [0.25, 0.3) is 0 Å². The monoisotopic (exact) mass is 352 g/mol. The average molecular weight is 353 g/mol. The summed E-state index contributed by atoms with van der Waals surface area (Å²) in [6.07, 6.45) is 0. The van der Waals surface area contributed by atoms with Crippen LogP contribution in [-0.4, -0.2) is 24.7 Å². The van der Waals surface area contributed by atoms with E-state index in [1.807, 2.05) is 47.0 Å². The fourth-order valence-electron chi connectivity index (χ4n) is 1.60. The molecule has 0 aromatic carbocycles. The molecule has 0 aromatic rings. The van der Waals surface area contributed by atoms with Crippen LogP contribution in [0.2, 0.25) is 0 Å². The molecule has 0 unspecified atom stereocenters. The lowest BCUT2D eigenvalue weighted by Crippen LogP contribution is -2.00. The van der Waals surface area contributed by atoms with Gasteiger partial charge in [0, 0.05) is 11.5 Å². The molecule has 4 aliphatic heterocycles. The van der Waals surface area contributed by atoms with Crippen molar-refractivity contribution in [3.8, 4) is 0 Å². The lowest BCUT2D eigenvalue weighted by molar-refractivity contribution is 0.258. The summed E-state index contributed by atoms with van der Waals surface area (Å²) in [6.45, 7) is 1.68. The molecule has 0 amide bonds. The lowest BCUT2D eigenvalue weighted by atomic mass is 10.8. The molecule has 0 atom stereocenters. The van der Waals surface area contributed by atoms with E-state index in [0.717, 1.165) is 34.9 Å². The minimum Gasteiger partial charge on any atom is -0.484 e. The molecule has 0 radical (unpaired) electrons. The fourth-order valence-corrected chi connectivity index (χ4v) is 9.58. The van der Waals surface area contributed by atoms with Gasteiger partial charge >= 0.3 is 0 Å². The molecule has 0 saturated carbocycles. The van der Waals surface area contributed by atoms with Crippen LogP contribution in [0.3, 0.4) is 0 Å². The molecule has 96 valence electrons. The molecule has 18 heavy (non-hydrogen) atoms. The van der Waals surface area contributed by atoms with Crippen LogP contribution >= 0.6 is 70.6 Å². The Bertz CT molecular complexity index is 411. The van der Waals surface area contributed by atoms with Gasteiger partial charge in [0.2, 0.25) is 0 Å². The first kappa shape index (κ1) is 12.6. The van der Waals surface area contributed by atoms with Crippen molar-refractivity contribution in [2.24, 2.45) is 0 Å².